The highest BCUT2D eigenvalue weighted by Gasteiger charge is 2.14. The number of rotatable bonds is 4. The Morgan fingerprint density at radius 1 is 1.21 bits per heavy atom. The normalized spacial score (nSPS) is 9.95. The van der Waals surface area contributed by atoms with Gasteiger partial charge in [-0.15, -0.1) is 0 Å². The fourth-order valence-electron chi connectivity index (χ4n) is 1.69. The van der Waals surface area contributed by atoms with Gasteiger partial charge in [0.25, 0.3) is 0 Å². The van der Waals surface area contributed by atoms with Gasteiger partial charge in [-0.2, -0.15) is 0 Å². The zero-order valence-corrected chi connectivity index (χ0v) is 10.3. The summed E-state index contributed by atoms with van der Waals surface area (Å²) in [6, 6.07) is 11.8. The van der Waals surface area contributed by atoms with Gasteiger partial charge in [-0.05, 0) is 24.3 Å². The molecule has 3 N–H and O–H groups in total. The van der Waals surface area contributed by atoms with E-state index in [2.05, 4.69) is 5.32 Å². The SMILES string of the molecule is COc1cc(Nc2cccc(N)c2)ccc1[N+](=O)[O-]. The molecular weight excluding hydrogens is 246 g/mol. The van der Waals surface area contributed by atoms with E-state index in [0.29, 0.717) is 11.4 Å². The van der Waals surface area contributed by atoms with Crippen LogP contribution in [0.5, 0.6) is 5.75 Å². The number of hydrogen-bond donors (Lipinski definition) is 2. The standard InChI is InChI=1S/C13H13N3O3/c1-19-13-8-11(5-6-12(13)16(17)18)15-10-4-2-3-9(14)7-10/h2-8,15H,14H2,1H3. The Morgan fingerprint density at radius 3 is 2.58 bits per heavy atom. The predicted octanol–water partition coefficient (Wildman–Crippen LogP) is 2.93. The number of nitro groups is 1. The number of nitrogens with one attached hydrogen (secondary N) is 1. The van der Waals surface area contributed by atoms with Crippen LogP contribution in [0.4, 0.5) is 22.7 Å². The molecule has 19 heavy (non-hydrogen) atoms. The number of hydrogen-bond acceptors (Lipinski definition) is 5. The van der Waals surface area contributed by atoms with Gasteiger partial charge >= 0.3 is 5.69 Å². The molecule has 0 amide bonds. The molecule has 0 aromatic heterocycles. The summed E-state index contributed by atoms with van der Waals surface area (Å²) in [7, 11) is 1.40. The molecule has 6 nitrogen and oxygen atoms in total. The predicted molar refractivity (Wildman–Crippen MR) is 73.8 cm³/mol. The summed E-state index contributed by atoms with van der Waals surface area (Å²) in [5.74, 6) is 0.207. The van der Waals surface area contributed by atoms with Crippen LogP contribution >= 0.6 is 0 Å². The molecule has 0 aliphatic rings. The van der Waals surface area contributed by atoms with Crippen LogP contribution in [0.15, 0.2) is 42.5 Å². The minimum atomic E-state index is -0.483. The Balaban J connectivity index is 2.29. The molecule has 0 aliphatic carbocycles. The van der Waals surface area contributed by atoms with Gasteiger partial charge in [0.15, 0.2) is 5.75 Å². The van der Waals surface area contributed by atoms with E-state index in [1.807, 2.05) is 12.1 Å². The highest BCUT2D eigenvalue weighted by atomic mass is 16.6. The molecule has 0 unspecified atom stereocenters. The lowest BCUT2D eigenvalue weighted by Gasteiger charge is -2.09. The third-order valence-electron chi connectivity index (χ3n) is 2.55. The van der Waals surface area contributed by atoms with Crippen LogP contribution in [0.1, 0.15) is 0 Å². The molecule has 0 aliphatic heterocycles. The lowest BCUT2D eigenvalue weighted by Crippen LogP contribution is -1.96. The first kappa shape index (κ1) is 12.7. The van der Waals surface area contributed by atoms with Gasteiger partial charge in [0.2, 0.25) is 0 Å². The minimum absolute atomic E-state index is 0.0689. The van der Waals surface area contributed by atoms with Crippen LogP contribution < -0.4 is 15.8 Å². The summed E-state index contributed by atoms with van der Waals surface area (Å²) < 4.78 is 5.00. The number of nitrogens with zero attached hydrogens (tertiary/aromatic N) is 1. The van der Waals surface area contributed by atoms with E-state index in [9.17, 15) is 10.1 Å². The Morgan fingerprint density at radius 2 is 1.95 bits per heavy atom. The van der Waals surface area contributed by atoms with E-state index >= 15 is 0 Å². The van der Waals surface area contributed by atoms with Crippen LogP contribution in [-0.4, -0.2) is 12.0 Å². The van der Waals surface area contributed by atoms with Crippen LogP contribution in [0, 0.1) is 10.1 Å². The first-order chi connectivity index (χ1) is 9.10. The van der Waals surface area contributed by atoms with Crippen molar-refractivity contribution in [2.45, 2.75) is 0 Å². The zero-order chi connectivity index (χ0) is 13.8. The smallest absolute Gasteiger partial charge is 0.311 e. The van der Waals surface area contributed by atoms with Crippen molar-refractivity contribution in [3.8, 4) is 5.75 Å². The van der Waals surface area contributed by atoms with E-state index in [1.165, 1.54) is 13.2 Å². The number of nitrogen functional groups attached to an aromatic ring is 1. The van der Waals surface area contributed by atoms with Gasteiger partial charge in [0.05, 0.1) is 12.0 Å². The molecule has 0 saturated carbocycles. The number of nitrogens with two attached hydrogens (primary N) is 1. The van der Waals surface area contributed by atoms with Crippen molar-refractivity contribution >= 4 is 22.7 Å². The van der Waals surface area contributed by atoms with E-state index in [1.54, 1.807) is 24.3 Å². The lowest BCUT2D eigenvalue weighted by molar-refractivity contribution is -0.385. The molecule has 0 heterocycles. The fraction of sp³-hybridized carbons (Fsp3) is 0.0769. The van der Waals surface area contributed by atoms with E-state index in [0.717, 1.165) is 5.69 Å². The second-order valence-electron chi connectivity index (χ2n) is 3.89. The van der Waals surface area contributed by atoms with Gasteiger partial charge in [-0.3, -0.25) is 10.1 Å². The van der Waals surface area contributed by atoms with Crippen LogP contribution in [0.3, 0.4) is 0 Å². The Bertz CT molecular complexity index is 614. The summed E-state index contributed by atoms with van der Waals surface area (Å²) in [4.78, 5) is 10.3. The van der Waals surface area contributed by atoms with Crippen molar-refractivity contribution in [1.82, 2.24) is 0 Å². The molecule has 2 aromatic carbocycles. The topological polar surface area (TPSA) is 90.4 Å². The molecule has 2 aromatic rings. The average molecular weight is 259 g/mol. The zero-order valence-electron chi connectivity index (χ0n) is 10.3. The lowest BCUT2D eigenvalue weighted by atomic mass is 10.2. The summed E-state index contributed by atoms with van der Waals surface area (Å²) in [6.45, 7) is 0. The summed E-state index contributed by atoms with van der Waals surface area (Å²) in [5, 5.41) is 13.9. The molecular formula is C13H13N3O3. The quantitative estimate of drug-likeness (QED) is 0.500. The fourth-order valence-corrected chi connectivity index (χ4v) is 1.69. The Labute approximate surface area is 110 Å². The van der Waals surface area contributed by atoms with E-state index in [4.69, 9.17) is 10.5 Å². The summed E-state index contributed by atoms with van der Waals surface area (Å²) in [5.41, 5.74) is 7.74. The summed E-state index contributed by atoms with van der Waals surface area (Å²) in [6.07, 6.45) is 0. The van der Waals surface area contributed by atoms with Gasteiger partial charge in [0, 0.05) is 29.2 Å². The van der Waals surface area contributed by atoms with Crippen molar-refractivity contribution in [3.05, 3.63) is 52.6 Å². The maximum absolute atomic E-state index is 10.8. The van der Waals surface area contributed by atoms with E-state index < -0.39 is 4.92 Å². The molecule has 0 atom stereocenters. The Hall–Kier alpha value is -2.76. The van der Waals surface area contributed by atoms with Gasteiger partial charge in [0.1, 0.15) is 0 Å². The monoisotopic (exact) mass is 259 g/mol. The summed E-state index contributed by atoms with van der Waals surface area (Å²) >= 11 is 0. The van der Waals surface area contributed by atoms with Crippen molar-refractivity contribution in [3.63, 3.8) is 0 Å². The molecule has 0 radical (unpaired) electrons. The van der Waals surface area contributed by atoms with Crippen molar-refractivity contribution in [2.75, 3.05) is 18.2 Å². The molecule has 0 saturated heterocycles. The molecule has 6 heteroatoms. The number of methoxy groups -OCH3 is 1. The van der Waals surface area contributed by atoms with Crippen LogP contribution in [0.25, 0.3) is 0 Å². The maximum atomic E-state index is 10.8. The number of anilines is 3. The first-order valence-corrected chi connectivity index (χ1v) is 5.55. The van der Waals surface area contributed by atoms with Crippen LogP contribution in [-0.2, 0) is 0 Å². The average Bonchev–Trinajstić information content (AvgIpc) is 2.38. The highest BCUT2D eigenvalue weighted by molar-refractivity contribution is 5.67. The number of ether oxygens (including phenoxy) is 1. The van der Waals surface area contributed by atoms with Crippen molar-refractivity contribution < 1.29 is 9.66 Å². The molecule has 0 bridgehead atoms. The molecule has 0 spiro atoms. The Kier molecular flexibility index (Phi) is 3.51. The third-order valence-corrected chi connectivity index (χ3v) is 2.55. The van der Waals surface area contributed by atoms with Gasteiger partial charge in [-0.1, -0.05) is 6.07 Å². The second-order valence-corrected chi connectivity index (χ2v) is 3.89. The maximum Gasteiger partial charge on any atom is 0.311 e. The van der Waals surface area contributed by atoms with Crippen molar-refractivity contribution in [1.29, 1.82) is 0 Å². The van der Waals surface area contributed by atoms with Crippen LogP contribution in [0.2, 0.25) is 0 Å². The van der Waals surface area contributed by atoms with Crippen molar-refractivity contribution in [2.24, 2.45) is 0 Å². The van der Waals surface area contributed by atoms with Gasteiger partial charge in [-0.25, -0.2) is 0 Å². The highest BCUT2D eigenvalue weighted by Crippen LogP contribution is 2.31. The molecule has 2 rings (SSSR count). The molecule has 0 fully saturated rings. The number of nitro benzene ring substituents is 1. The van der Waals surface area contributed by atoms with E-state index in [-0.39, 0.29) is 11.4 Å². The third kappa shape index (κ3) is 2.92. The first-order valence-electron chi connectivity index (χ1n) is 5.55. The minimum Gasteiger partial charge on any atom is -0.490 e. The largest absolute Gasteiger partial charge is 0.490 e. The van der Waals surface area contributed by atoms with Gasteiger partial charge < -0.3 is 15.8 Å². The number of benzene rings is 2. The molecule has 98 valence electrons. The second kappa shape index (κ2) is 5.26.